The predicted octanol–water partition coefficient (Wildman–Crippen LogP) is 4.31. The number of thiophene rings is 1. The zero-order valence-electron chi connectivity index (χ0n) is 17.6. The van der Waals surface area contributed by atoms with Crippen molar-refractivity contribution in [3.63, 3.8) is 0 Å². The number of hydrogen-bond donors (Lipinski definition) is 1. The van der Waals surface area contributed by atoms with Gasteiger partial charge in [0.25, 0.3) is 5.91 Å². The van der Waals surface area contributed by atoms with Gasteiger partial charge in [0.2, 0.25) is 0 Å². The number of carbonyl (C=O) groups excluding carboxylic acids is 1. The molecule has 2 aromatic heterocycles. The van der Waals surface area contributed by atoms with Gasteiger partial charge in [-0.15, -0.1) is 11.3 Å². The van der Waals surface area contributed by atoms with E-state index < -0.39 is 0 Å². The van der Waals surface area contributed by atoms with Gasteiger partial charge in [-0.05, 0) is 35.2 Å². The van der Waals surface area contributed by atoms with E-state index in [1.165, 1.54) is 23.5 Å². The molecule has 32 heavy (non-hydrogen) atoms. The van der Waals surface area contributed by atoms with Crippen LogP contribution >= 0.6 is 11.3 Å². The molecular formula is C24H19FN2O4S. The minimum absolute atomic E-state index is 0.211. The molecule has 2 aliphatic rings. The topological polar surface area (TPSA) is 65.0 Å². The average Bonchev–Trinajstić information content (AvgIpc) is 3.33. The van der Waals surface area contributed by atoms with Gasteiger partial charge in [-0.1, -0.05) is 0 Å². The van der Waals surface area contributed by atoms with Crippen molar-refractivity contribution in [2.45, 2.75) is 12.3 Å². The largest absolute Gasteiger partial charge is 0.493 e. The van der Waals surface area contributed by atoms with E-state index in [2.05, 4.69) is 5.32 Å². The number of methoxy groups -OCH3 is 2. The Morgan fingerprint density at radius 1 is 1.09 bits per heavy atom. The van der Waals surface area contributed by atoms with Crippen molar-refractivity contribution in [2.24, 2.45) is 7.05 Å². The number of nitrogens with zero attached hydrogens (tertiary/aromatic N) is 1. The van der Waals surface area contributed by atoms with Crippen LogP contribution in [0.4, 0.5) is 4.39 Å². The minimum atomic E-state index is -0.352. The molecule has 2 unspecified atom stereocenters. The smallest absolute Gasteiger partial charge is 0.254 e. The Labute approximate surface area is 186 Å². The molecule has 162 valence electrons. The summed E-state index contributed by atoms with van der Waals surface area (Å²) >= 11 is 1.53. The molecule has 1 N–H and O–H groups in total. The third-order valence-corrected chi connectivity index (χ3v) is 7.10. The quantitative estimate of drug-likeness (QED) is 0.471. The van der Waals surface area contributed by atoms with Crippen molar-refractivity contribution in [1.29, 1.82) is 0 Å². The van der Waals surface area contributed by atoms with Gasteiger partial charge in [0.05, 0.1) is 25.3 Å². The summed E-state index contributed by atoms with van der Waals surface area (Å²) in [6.45, 7) is 0. The zero-order valence-corrected chi connectivity index (χ0v) is 18.4. The van der Waals surface area contributed by atoms with Gasteiger partial charge >= 0.3 is 0 Å². The molecule has 8 heteroatoms. The van der Waals surface area contributed by atoms with Crippen LogP contribution in [0.1, 0.15) is 11.1 Å². The van der Waals surface area contributed by atoms with Crippen LogP contribution in [-0.2, 0) is 16.6 Å². The summed E-state index contributed by atoms with van der Waals surface area (Å²) in [7, 11) is 5.09. The van der Waals surface area contributed by atoms with Crippen LogP contribution in [0.15, 0.2) is 41.9 Å². The van der Waals surface area contributed by atoms with E-state index in [1.807, 2.05) is 35.3 Å². The number of aryl methyl sites for hydroxylation is 1. The summed E-state index contributed by atoms with van der Waals surface area (Å²) in [6.07, 6.45) is 1.31. The molecule has 0 saturated carbocycles. The maximum atomic E-state index is 14.1. The number of nitrogens with one attached hydrogen (secondary N) is 1. The average molecular weight is 450 g/mol. The van der Waals surface area contributed by atoms with Gasteiger partial charge in [0, 0.05) is 45.9 Å². The molecular weight excluding hydrogens is 431 g/mol. The van der Waals surface area contributed by atoms with Crippen LogP contribution < -0.4 is 14.8 Å². The van der Waals surface area contributed by atoms with Gasteiger partial charge in [-0.25, -0.2) is 4.39 Å². The molecule has 2 atom stereocenters. The van der Waals surface area contributed by atoms with E-state index in [-0.39, 0.29) is 24.1 Å². The first-order valence-corrected chi connectivity index (χ1v) is 11.0. The van der Waals surface area contributed by atoms with Crippen molar-refractivity contribution >= 4 is 49.4 Å². The van der Waals surface area contributed by atoms with Crippen LogP contribution in [0.3, 0.4) is 0 Å². The first-order chi connectivity index (χ1) is 15.5. The number of benzene rings is 2. The molecule has 6 rings (SSSR count). The Kier molecular flexibility index (Phi) is 4.12. The number of rotatable bonds is 4. The van der Waals surface area contributed by atoms with E-state index in [0.29, 0.717) is 17.1 Å². The number of hydrogen-bond acceptors (Lipinski definition) is 5. The molecule has 1 fully saturated rings. The van der Waals surface area contributed by atoms with Crippen molar-refractivity contribution in [3.05, 3.63) is 58.9 Å². The number of aromatic nitrogens is 1. The van der Waals surface area contributed by atoms with Gasteiger partial charge in [0.15, 0.2) is 17.7 Å². The Hall–Kier alpha value is -3.36. The van der Waals surface area contributed by atoms with Crippen molar-refractivity contribution in [3.8, 4) is 11.5 Å². The molecule has 0 spiro atoms. The van der Waals surface area contributed by atoms with Crippen molar-refractivity contribution < 1.29 is 23.4 Å². The summed E-state index contributed by atoms with van der Waals surface area (Å²) < 4.78 is 33.7. The third-order valence-electron chi connectivity index (χ3n) is 6.14. The van der Waals surface area contributed by atoms with Crippen molar-refractivity contribution in [2.75, 3.05) is 14.2 Å². The van der Waals surface area contributed by atoms with Gasteiger partial charge < -0.3 is 24.1 Å². The fourth-order valence-corrected chi connectivity index (χ4v) is 5.52. The highest BCUT2D eigenvalue weighted by Crippen LogP contribution is 2.48. The molecule has 6 nitrogen and oxygen atoms in total. The lowest BCUT2D eigenvalue weighted by Gasteiger charge is -2.18. The molecule has 0 radical (unpaired) electrons. The standard InChI is InChI=1S/C24H19FN2O4S/c1-27-9-14(12-7-17(29-2)18(30-3)8-16(12)27)21-20(22-24(31-22)26-23(21)28)15-10-32-19-5-4-11(25)6-13(15)19/h4-10,22,24H,1-3H3,(H,26,28). The fourth-order valence-electron chi connectivity index (χ4n) is 4.58. The number of epoxide rings is 1. The highest BCUT2D eigenvalue weighted by Gasteiger charge is 2.50. The molecule has 4 heterocycles. The van der Waals surface area contributed by atoms with Crippen LogP contribution in [0, 0.1) is 5.82 Å². The fraction of sp³-hybridized carbons (Fsp3) is 0.208. The third kappa shape index (κ3) is 2.69. The lowest BCUT2D eigenvalue weighted by molar-refractivity contribution is -0.116. The van der Waals surface area contributed by atoms with Crippen molar-refractivity contribution in [1.82, 2.24) is 9.88 Å². The molecule has 0 aliphatic carbocycles. The van der Waals surface area contributed by atoms with Gasteiger partial charge in [0.1, 0.15) is 11.9 Å². The summed E-state index contributed by atoms with van der Waals surface area (Å²) in [5.74, 6) is 0.668. The van der Waals surface area contributed by atoms with Crippen LogP contribution in [0.5, 0.6) is 11.5 Å². The Morgan fingerprint density at radius 3 is 2.66 bits per heavy atom. The first kappa shape index (κ1) is 19.3. The lowest BCUT2D eigenvalue weighted by Crippen LogP contribution is -2.33. The summed E-state index contributed by atoms with van der Waals surface area (Å²) in [4.78, 5) is 13.3. The molecule has 1 saturated heterocycles. The zero-order chi connectivity index (χ0) is 22.1. The number of fused-ring (bicyclic) bond motifs is 3. The summed E-state index contributed by atoms with van der Waals surface area (Å²) in [6, 6.07) is 8.51. The SMILES string of the molecule is COc1cc2c(C3=C(c4csc5ccc(F)cc45)C4OC4NC3=O)cn(C)c2cc1OC. The summed E-state index contributed by atoms with van der Waals surface area (Å²) in [5, 5.41) is 6.54. The minimum Gasteiger partial charge on any atom is -0.493 e. The second-order valence-corrected chi connectivity index (χ2v) is 8.82. The maximum absolute atomic E-state index is 14.1. The highest BCUT2D eigenvalue weighted by molar-refractivity contribution is 7.17. The van der Waals surface area contributed by atoms with E-state index in [9.17, 15) is 9.18 Å². The predicted molar refractivity (Wildman–Crippen MR) is 121 cm³/mol. The molecule has 4 aromatic rings. The monoisotopic (exact) mass is 450 g/mol. The van der Waals surface area contributed by atoms with Gasteiger partial charge in [-0.2, -0.15) is 0 Å². The van der Waals surface area contributed by atoms with Gasteiger partial charge in [-0.3, -0.25) is 4.79 Å². The second-order valence-electron chi connectivity index (χ2n) is 7.91. The number of ether oxygens (including phenoxy) is 3. The van der Waals surface area contributed by atoms with E-state index in [1.54, 1.807) is 20.3 Å². The molecule has 1 amide bonds. The highest BCUT2D eigenvalue weighted by atomic mass is 32.1. The number of carbonyl (C=O) groups is 1. The Morgan fingerprint density at radius 2 is 1.88 bits per heavy atom. The molecule has 0 bridgehead atoms. The molecule has 2 aliphatic heterocycles. The number of halogens is 1. The number of amides is 1. The molecule has 2 aromatic carbocycles. The first-order valence-electron chi connectivity index (χ1n) is 10.1. The Balaban J connectivity index is 1.67. The van der Waals surface area contributed by atoms with Crippen LogP contribution in [0.25, 0.3) is 32.1 Å². The van der Waals surface area contributed by atoms with E-state index in [0.717, 1.165) is 37.7 Å². The normalized spacial score (nSPS) is 19.9. The van der Waals surface area contributed by atoms with E-state index in [4.69, 9.17) is 14.2 Å². The Bertz CT molecular complexity index is 1470. The lowest BCUT2D eigenvalue weighted by atomic mass is 9.89. The summed E-state index contributed by atoms with van der Waals surface area (Å²) in [5.41, 5.74) is 3.82. The maximum Gasteiger partial charge on any atom is 0.254 e. The van der Waals surface area contributed by atoms with E-state index >= 15 is 0 Å². The van der Waals surface area contributed by atoms with Crippen LogP contribution in [-0.4, -0.2) is 37.0 Å². The second kappa shape index (κ2) is 6.82. The van der Waals surface area contributed by atoms with Crippen LogP contribution in [0.2, 0.25) is 0 Å².